The van der Waals surface area contributed by atoms with Gasteiger partial charge in [-0.2, -0.15) is 10.2 Å². The maximum absolute atomic E-state index is 6.24. The van der Waals surface area contributed by atoms with Crippen molar-refractivity contribution in [1.82, 2.24) is 24.9 Å². The molecule has 2 aromatic heterocycles. The number of rotatable bonds is 4. The number of anilines is 1. The topological polar surface area (TPSA) is 85.7 Å². The summed E-state index contributed by atoms with van der Waals surface area (Å²) in [6.45, 7) is 2.81. The van der Waals surface area contributed by atoms with Crippen molar-refractivity contribution in [2.75, 3.05) is 11.9 Å². The zero-order chi connectivity index (χ0) is 20.8. The molecule has 7 heteroatoms. The Morgan fingerprint density at radius 1 is 1.17 bits per heavy atom. The van der Waals surface area contributed by atoms with Crippen LogP contribution < -0.4 is 16.4 Å². The molecule has 7 nitrogen and oxygen atoms in total. The second-order valence-electron chi connectivity index (χ2n) is 8.53. The van der Waals surface area contributed by atoms with Gasteiger partial charge in [-0.25, -0.2) is 0 Å². The summed E-state index contributed by atoms with van der Waals surface area (Å²) in [7, 11) is 3.96. The summed E-state index contributed by atoms with van der Waals surface area (Å²) in [6.07, 6.45) is 7.42. The van der Waals surface area contributed by atoms with E-state index in [-0.39, 0.29) is 6.04 Å². The van der Waals surface area contributed by atoms with Crippen molar-refractivity contribution in [2.45, 2.75) is 38.1 Å². The molecule has 1 aromatic carbocycles. The van der Waals surface area contributed by atoms with Crippen LogP contribution in [0, 0.1) is 0 Å². The predicted molar refractivity (Wildman–Crippen MR) is 120 cm³/mol. The summed E-state index contributed by atoms with van der Waals surface area (Å²) in [6, 6.07) is 8.97. The molecule has 2 aliphatic rings. The number of nitrogens with one attached hydrogen (secondary N) is 2. The Morgan fingerprint density at radius 3 is 2.70 bits per heavy atom. The normalized spacial score (nSPS) is 20.3. The molecule has 1 aliphatic heterocycles. The zero-order valence-corrected chi connectivity index (χ0v) is 17.8. The van der Waals surface area contributed by atoms with Crippen LogP contribution >= 0.6 is 0 Å². The van der Waals surface area contributed by atoms with Crippen LogP contribution in [0.1, 0.15) is 55.0 Å². The second-order valence-corrected chi connectivity index (χ2v) is 8.53. The minimum absolute atomic E-state index is 0.156. The zero-order valence-electron chi connectivity index (χ0n) is 17.8. The molecule has 0 radical (unpaired) electrons. The molecular formula is C23H29N7. The van der Waals surface area contributed by atoms with Crippen LogP contribution in [0.4, 0.5) is 5.82 Å². The Hall–Kier alpha value is -3.22. The third-order valence-corrected chi connectivity index (χ3v) is 6.08. The third kappa shape index (κ3) is 3.44. The van der Waals surface area contributed by atoms with Gasteiger partial charge in [0.15, 0.2) is 0 Å². The summed E-state index contributed by atoms with van der Waals surface area (Å²) < 4.78 is 3.81. The van der Waals surface area contributed by atoms with Gasteiger partial charge in [-0.15, -0.1) is 0 Å². The predicted octanol–water partition coefficient (Wildman–Crippen LogP) is 3.49. The van der Waals surface area contributed by atoms with Gasteiger partial charge in [-0.3, -0.25) is 9.36 Å². The van der Waals surface area contributed by atoms with Crippen molar-refractivity contribution in [3.8, 4) is 11.1 Å². The van der Waals surface area contributed by atoms with Crippen molar-refractivity contribution in [2.24, 2.45) is 19.8 Å². The highest BCUT2D eigenvalue weighted by atomic mass is 15.3. The van der Waals surface area contributed by atoms with E-state index in [1.165, 1.54) is 24.1 Å². The number of nitrogens with zero attached hydrogens (tertiary/aromatic N) is 4. The lowest BCUT2D eigenvalue weighted by molar-refractivity contribution is 0.664. The number of allylic oxidation sites excluding steroid dienone is 1. The number of fused-ring (bicyclic) bond motifs is 1. The van der Waals surface area contributed by atoms with Gasteiger partial charge in [0.2, 0.25) is 0 Å². The van der Waals surface area contributed by atoms with Crippen LogP contribution in [0.2, 0.25) is 0 Å². The van der Waals surface area contributed by atoms with Crippen LogP contribution in [-0.4, -0.2) is 26.1 Å². The first-order valence-corrected chi connectivity index (χ1v) is 10.6. The first-order chi connectivity index (χ1) is 14.5. The lowest BCUT2D eigenvalue weighted by Gasteiger charge is -2.21. The molecular weight excluding hydrogens is 374 g/mol. The highest BCUT2D eigenvalue weighted by molar-refractivity contribution is 5.75. The summed E-state index contributed by atoms with van der Waals surface area (Å²) >= 11 is 0. The first-order valence-electron chi connectivity index (χ1n) is 10.6. The van der Waals surface area contributed by atoms with E-state index in [0.717, 1.165) is 46.9 Å². The van der Waals surface area contributed by atoms with Gasteiger partial charge in [0, 0.05) is 55.6 Å². The van der Waals surface area contributed by atoms with Gasteiger partial charge in [-0.1, -0.05) is 12.1 Å². The standard InChI is InChI=1S/C23H29N7/c1-14(24)23-18-7-6-16(17-12-26-29(2)13-17)10-19(18)20(8-9-25-23)27-22-11-21(15-4-5-15)28-30(22)3/h6-7,10-13,15,20,25,27H,4-5,8-9,24H2,1-3H3/b23-14-. The minimum atomic E-state index is 0.156. The molecule has 1 saturated carbocycles. The van der Waals surface area contributed by atoms with E-state index in [0.29, 0.717) is 5.92 Å². The Morgan fingerprint density at radius 2 is 2.00 bits per heavy atom. The van der Waals surface area contributed by atoms with E-state index in [4.69, 9.17) is 10.8 Å². The van der Waals surface area contributed by atoms with Crippen molar-refractivity contribution < 1.29 is 0 Å². The smallest absolute Gasteiger partial charge is 0.124 e. The van der Waals surface area contributed by atoms with Crippen molar-refractivity contribution in [3.05, 3.63) is 59.2 Å². The molecule has 1 fully saturated rings. The van der Waals surface area contributed by atoms with Gasteiger partial charge < -0.3 is 16.4 Å². The van der Waals surface area contributed by atoms with Crippen LogP contribution in [0.5, 0.6) is 0 Å². The van der Waals surface area contributed by atoms with Gasteiger partial charge in [-0.05, 0) is 43.4 Å². The highest BCUT2D eigenvalue weighted by Crippen LogP contribution is 2.41. The van der Waals surface area contributed by atoms with Crippen LogP contribution in [0.3, 0.4) is 0 Å². The van der Waals surface area contributed by atoms with Crippen LogP contribution in [-0.2, 0) is 14.1 Å². The van der Waals surface area contributed by atoms with Crippen LogP contribution in [0.25, 0.3) is 16.8 Å². The van der Waals surface area contributed by atoms with E-state index in [2.05, 4.69) is 40.0 Å². The highest BCUT2D eigenvalue weighted by Gasteiger charge is 2.28. The average Bonchev–Trinajstić information content (AvgIpc) is 3.42. The molecule has 4 N–H and O–H groups in total. The largest absolute Gasteiger partial charge is 0.401 e. The van der Waals surface area contributed by atoms with Crippen molar-refractivity contribution in [1.29, 1.82) is 0 Å². The number of hydrogen-bond donors (Lipinski definition) is 3. The molecule has 0 bridgehead atoms. The number of nitrogens with two attached hydrogens (primary N) is 1. The molecule has 3 heterocycles. The lowest BCUT2D eigenvalue weighted by Crippen LogP contribution is -2.17. The first kappa shape index (κ1) is 18.8. The molecule has 5 rings (SSSR count). The van der Waals surface area contributed by atoms with E-state index in [1.54, 1.807) is 0 Å². The lowest BCUT2D eigenvalue weighted by atomic mass is 9.93. The molecule has 156 valence electrons. The molecule has 0 spiro atoms. The second kappa shape index (κ2) is 7.23. The molecule has 3 aromatic rings. The summed E-state index contributed by atoms with van der Waals surface area (Å²) in [5.41, 5.74) is 13.9. The monoisotopic (exact) mass is 403 g/mol. The molecule has 0 amide bonds. The molecule has 1 aliphatic carbocycles. The maximum Gasteiger partial charge on any atom is 0.124 e. The molecule has 30 heavy (non-hydrogen) atoms. The molecule has 1 unspecified atom stereocenters. The fraction of sp³-hybridized carbons (Fsp3) is 0.391. The quantitative estimate of drug-likeness (QED) is 0.621. The Labute approximate surface area is 177 Å². The van der Waals surface area contributed by atoms with E-state index >= 15 is 0 Å². The number of benzene rings is 1. The van der Waals surface area contributed by atoms with Crippen LogP contribution in [0.15, 0.2) is 42.4 Å². The SMILES string of the molecule is C/C(N)=C1/NCCC(Nc2cc(C3CC3)nn2C)c2cc(-c3cnn(C)c3)ccc21. The Balaban J connectivity index is 1.56. The third-order valence-electron chi connectivity index (χ3n) is 6.08. The van der Waals surface area contributed by atoms with Gasteiger partial charge in [0.05, 0.1) is 23.6 Å². The van der Waals surface area contributed by atoms with E-state index in [9.17, 15) is 0 Å². The summed E-state index contributed by atoms with van der Waals surface area (Å²) in [5.74, 6) is 1.71. The molecule has 1 atom stereocenters. The van der Waals surface area contributed by atoms with Gasteiger partial charge in [0.1, 0.15) is 5.82 Å². The number of aromatic nitrogens is 4. The van der Waals surface area contributed by atoms with Crippen molar-refractivity contribution >= 4 is 11.5 Å². The molecule has 0 saturated heterocycles. The fourth-order valence-electron chi connectivity index (χ4n) is 4.30. The minimum Gasteiger partial charge on any atom is -0.401 e. The van der Waals surface area contributed by atoms with Crippen molar-refractivity contribution in [3.63, 3.8) is 0 Å². The van der Waals surface area contributed by atoms with Gasteiger partial charge in [0.25, 0.3) is 0 Å². The summed E-state index contributed by atoms with van der Waals surface area (Å²) in [5, 5.41) is 16.4. The van der Waals surface area contributed by atoms with E-state index in [1.807, 2.05) is 42.8 Å². The number of aryl methyl sites for hydroxylation is 2. The Bertz CT molecular complexity index is 1110. The number of hydrogen-bond acceptors (Lipinski definition) is 5. The Kier molecular flexibility index (Phi) is 4.53. The van der Waals surface area contributed by atoms with Gasteiger partial charge >= 0.3 is 0 Å². The summed E-state index contributed by atoms with van der Waals surface area (Å²) in [4.78, 5) is 0. The average molecular weight is 404 g/mol. The van der Waals surface area contributed by atoms with E-state index < -0.39 is 0 Å². The fourth-order valence-corrected chi connectivity index (χ4v) is 4.30. The maximum atomic E-state index is 6.24.